The molecule has 0 spiro atoms. The summed E-state index contributed by atoms with van der Waals surface area (Å²) < 4.78 is 26.9. The van der Waals surface area contributed by atoms with E-state index in [0.29, 0.717) is 34.1 Å². The number of esters is 1. The summed E-state index contributed by atoms with van der Waals surface area (Å²) in [6.45, 7) is 1.91. The fourth-order valence-corrected chi connectivity index (χ4v) is 2.91. The molecule has 0 radical (unpaired) electrons. The van der Waals surface area contributed by atoms with Crippen molar-refractivity contribution in [2.24, 2.45) is 4.99 Å². The lowest BCUT2D eigenvalue weighted by molar-refractivity contribution is -0.129. The highest BCUT2D eigenvalue weighted by atomic mass is 16.6. The molecule has 0 atom stereocenters. The van der Waals surface area contributed by atoms with E-state index in [1.54, 1.807) is 44.6 Å². The van der Waals surface area contributed by atoms with Crippen molar-refractivity contribution >= 4 is 17.9 Å². The molecular formula is C21H21NO6. The normalized spacial score (nSPS) is 14.5. The Hall–Kier alpha value is -3.48. The maximum absolute atomic E-state index is 12.4. The van der Waals surface area contributed by atoms with Crippen LogP contribution in [0.25, 0.3) is 6.08 Å². The largest absolute Gasteiger partial charge is 0.496 e. The zero-order chi connectivity index (χ0) is 20.3. The molecule has 1 aliphatic rings. The van der Waals surface area contributed by atoms with Gasteiger partial charge in [-0.15, -0.1) is 0 Å². The summed E-state index contributed by atoms with van der Waals surface area (Å²) in [5, 5.41) is 0. The molecule has 0 N–H and O–H groups in total. The van der Waals surface area contributed by atoms with Crippen LogP contribution in [0.5, 0.6) is 23.0 Å². The zero-order valence-electron chi connectivity index (χ0n) is 16.4. The van der Waals surface area contributed by atoms with Crippen LogP contribution in [0.1, 0.15) is 16.7 Å². The molecule has 7 nitrogen and oxygen atoms in total. The van der Waals surface area contributed by atoms with Gasteiger partial charge in [0, 0.05) is 5.56 Å². The quantitative estimate of drug-likeness (QED) is 0.562. The van der Waals surface area contributed by atoms with Gasteiger partial charge in [0.15, 0.2) is 5.70 Å². The summed E-state index contributed by atoms with van der Waals surface area (Å²) in [7, 11) is 6.19. The third-order valence-corrected chi connectivity index (χ3v) is 4.30. The summed E-state index contributed by atoms with van der Waals surface area (Å²) in [4.78, 5) is 16.8. The monoisotopic (exact) mass is 383 g/mol. The van der Waals surface area contributed by atoms with E-state index in [1.165, 1.54) is 14.2 Å². The first kappa shape index (κ1) is 19.3. The van der Waals surface area contributed by atoms with E-state index in [4.69, 9.17) is 23.7 Å². The van der Waals surface area contributed by atoms with Crippen molar-refractivity contribution in [2.75, 3.05) is 28.4 Å². The SMILES string of the molecule is COc1cc(/C=C2/N=C(c3c(OC)cccc3OC)OC2=O)c(OC)cc1C. The molecule has 0 saturated carbocycles. The van der Waals surface area contributed by atoms with Gasteiger partial charge in [-0.25, -0.2) is 9.79 Å². The molecule has 0 bridgehead atoms. The van der Waals surface area contributed by atoms with Gasteiger partial charge in [0.2, 0.25) is 5.90 Å². The van der Waals surface area contributed by atoms with Gasteiger partial charge < -0.3 is 23.7 Å². The second-order valence-corrected chi connectivity index (χ2v) is 5.94. The lowest BCUT2D eigenvalue weighted by atomic mass is 10.1. The Labute approximate surface area is 163 Å². The van der Waals surface area contributed by atoms with Gasteiger partial charge in [-0.05, 0) is 42.8 Å². The number of benzene rings is 2. The Morgan fingerprint density at radius 1 is 0.893 bits per heavy atom. The Bertz CT molecular complexity index is 955. The molecular weight excluding hydrogens is 362 g/mol. The number of hydrogen-bond donors (Lipinski definition) is 0. The first-order chi connectivity index (χ1) is 13.5. The number of aryl methyl sites for hydroxylation is 1. The molecule has 3 rings (SSSR count). The van der Waals surface area contributed by atoms with Crippen LogP contribution in [0.2, 0.25) is 0 Å². The molecule has 0 saturated heterocycles. The Balaban J connectivity index is 2.09. The van der Waals surface area contributed by atoms with Crippen LogP contribution in [0.15, 0.2) is 41.0 Å². The van der Waals surface area contributed by atoms with Crippen molar-refractivity contribution in [1.82, 2.24) is 0 Å². The van der Waals surface area contributed by atoms with Gasteiger partial charge in [-0.3, -0.25) is 0 Å². The van der Waals surface area contributed by atoms with Crippen molar-refractivity contribution in [2.45, 2.75) is 6.92 Å². The second-order valence-electron chi connectivity index (χ2n) is 5.94. The smallest absolute Gasteiger partial charge is 0.363 e. The molecule has 0 aliphatic carbocycles. The Kier molecular flexibility index (Phi) is 5.54. The molecule has 28 heavy (non-hydrogen) atoms. The van der Waals surface area contributed by atoms with E-state index in [2.05, 4.69) is 4.99 Å². The van der Waals surface area contributed by atoms with Crippen LogP contribution in [-0.4, -0.2) is 40.3 Å². The second kappa shape index (κ2) is 8.04. The predicted octanol–water partition coefficient (Wildman–Crippen LogP) is 3.37. The first-order valence-electron chi connectivity index (χ1n) is 8.49. The molecule has 0 amide bonds. The maximum atomic E-state index is 12.4. The molecule has 2 aromatic rings. The molecule has 1 aliphatic heterocycles. The molecule has 1 heterocycles. The van der Waals surface area contributed by atoms with Crippen molar-refractivity contribution < 1.29 is 28.5 Å². The van der Waals surface area contributed by atoms with Crippen LogP contribution in [0, 0.1) is 6.92 Å². The number of hydrogen-bond acceptors (Lipinski definition) is 7. The summed E-state index contributed by atoms with van der Waals surface area (Å²) in [6.07, 6.45) is 1.60. The molecule has 0 aromatic heterocycles. The highest BCUT2D eigenvalue weighted by molar-refractivity contribution is 6.15. The minimum atomic E-state index is -0.579. The number of aliphatic imine (C=N–C) groups is 1. The fraction of sp³-hybridized carbons (Fsp3) is 0.238. The lowest BCUT2D eigenvalue weighted by Gasteiger charge is -2.11. The van der Waals surface area contributed by atoms with Crippen molar-refractivity contribution in [3.05, 3.63) is 52.7 Å². The minimum Gasteiger partial charge on any atom is -0.496 e. The van der Waals surface area contributed by atoms with Gasteiger partial charge in [-0.2, -0.15) is 0 Å². The number of rotatable bonds is 6. The number of nitrogens with zero attached hydrogens (tertiary/aromatic N) is 1. The summed E-state index contributed by atoms with van der Waals surface area (Å²) in [6, 6.07) is 8.87. The zero-order valence-corrected chi connectivity index (χ0v) is 16.4. The number of methoxy groups -OCH3 is 4. The van der Waals surface area contributed by atoms with Gasteiger partial charge in [0.1, 0.15) is 28.6 Å². The standard InChI is InChI=1S/C21H21NO6/c1-12-9-18(27-5)13(11-17(12)26-4)10-14-21(23)28-20(22-14)19-15(24-2)7-6-8-16(19)25-3/h6-11H,1-5H3/b14-10+. The summed E-state index contributed by atoms with van der Waals surface area (Å²) >= 11 is 0. The van der Waals surface area contributed by atoms with Gasteiger partial charge >= 0.3 is 5.97 Å². The van der Waals surface area contributed by atoms with E-state index < -0.39 is 5.97 Å². The van der Waals surface area contributed by atoms with E-state index in [9.17, 15) is 4.79 Å². The van der Waals surface area contributed by atoms with E-state index >= 15 is 0 Å². The molecule has 0 fully saturated rings. The summed E-state index contributed by atoms with van der Waals surface area (Å²) in [5.41, 5.74) is 2.16. The fourth-order valence-electron chi connectivity index (χ4n) is 2.91. The first-order valence-corrected chi connectivity index (χ1v) is 8.49. The molecule has 7 heteroatoms. The molecule has 146 valence electrons. The van der Waals surface area contributed by atoms with Crippen LogP contribution >= 0.6 is 0 Å². The maximum Gasteiger partial charge on any atom is 0.363 e. The highest BCUT2D eigenvalue weighted by Crippen LogP contribution is 2.34. The van der Waals surface area contributed by atoms with Gasteiger partial charge in [0.25, 0.3) is 0 Å². The van der Waals surface area contributed by atoms with Crippen LogP contribution < -0.4 is 18.9 Å². The van der Waals surface area contributed by atoms with E-state index in [1.807, 2.05) is 13.0 Å². The third-order valence-electron chi connectivity index (χ3n) is 4.30. The Morgan fingerprint density at radius 3 is 2.07 bits per heavy atom. The van der Waals surface area contributed by atoms with Crippen LogP contribution in [0.3, 0.4) is 0 Å². The Morgan fingerprint density at radius 2 is 1.50 bits per heavy atom. The minimum absolute atomic E-state index is 0.114. The van der Waals surface area contributed by atoms with E-state index in [-0.39, 0.29) is 11.6 Å². The molecule has 0 unspecified atom stereocenters. The number of carbonyl (C=O) groups excluding carboxylic acids is 1. The predicted molar refractivity (Wildman–Crippen MR) is 104 cm³/mol. The highest BCUT2D eigenvalue weighted by Gasteiger charge is 2.29. The van der Waals surface area contributed by atoms with Gasteiger partial charge in [0.05, 0.1) is 28.4 Å². The van der Waals surface area contributed by atoms with Crippen molar-refractivity contribution in [3.63, 3.8) is 0 Å². The van der Waals surface area contributed by atoms with Crippen molar-refractivity contribution in [3.8, 4) is 23.0 Å². The topological polar surface area (TPSA) is 75.6 Å². The number of ether oxygens (including phenoxy) is 5. The van der Waals surface area contributed by atoms with Crippen LogP contribution in [0.4, 0.5) is 0 Å². The van der Waals surface area contributed by atoms with Gasteiger partial charge in [-0.1, -0.05) is 6.07 Å². The number of cyclic esters (lactones) is 1. The number of carbonyl (C=O) groups is 1. The van der Waals surface area contributed by atoms with Crippen LogP contribution in [-0.2, 0) is 9.53 Å². The van der Waals surface area contributed by atoms with Crippen molar-refractivity contribution in [1.29, 1.82) is 0 Å². The third kappa shape index (κ3) is 3.51. The molecule has 2 aromatic carbocycles. The lowest BCUT2D eigenvalue weighted by Crippen LogP contribution is -2.09. The summed E-state index contributed by atoms with van der Waals surface area (Å²) in [5.74, 6) is 1.78. The average Bonchev–Trinajstić information content (AvgIpc) is 3.07. The average molecular weight is 383 g/mol. The van der Waals surface area contributed by atoms with E-state index in [0.717, 1.165) is 5.56 Å².